The number of nitrogens with zero attached hydrogens (tertiary/aromatic N) is 1. The molecule has 0 saturated carbocycles. The van der Waals surface area contributed by atoms with Gasteiger partial charge in [-0.1, -0.05) is 25.5 Å². The van der Waals surface area contributed by atoms with Gasteiger partial charge in [0.2, 0.25) is 15.9 Å². The Balaban J connectivity index is 2.03. The number of amides is 1. The number of benzene rings is 1. The summed E-state index contributed by atoms with van der Waals surface area (Å²) in [7, 11) is 1.91. The molecular weight excluding hydrogens is 426 g/mol. The summed E-state index contributed by atoms with van der Waals surface area (Å²) in [6.45, 7) is 8.19. The summed E-state index contributed by atoms with van der Waals surface area (Å²) in [6, 6.07) is 6.39. The number of hydrogen-bond acceptors (Lipinski definition) is 5. The first kappa shape index (κ1) is 26.4. The third-order valence-corrected chi connectivity index (χ3v) is 7.72. The smallest absolute Gasteiger partial charge is 0.240 e. The summed E-state index contributed by atoms with van der Waals surface area (Å²) in [6.07, 6.45) is 3.53. The van der Waals surface area contributed by atoms with Gasteiger partial charge in [-0.2, -0.15) is 0 Å². The van der Waals surface area contributed by atoms with Crippen LogP contribution in [0.1, 0.15) is 33.6 Å². The Kier molecular flexibility index (Phi) is 9.73. The number of hydrogen-bond donors (Lipinski definition) is 2. The van der Waals surface area contributed by atoms with Crippen molar-refractivity contribution in [1.82, 2.24) is 14.9 Å². The minimum atomic E-state index is -3.60. The van der Waals surface area contributed by atoms with Gasteiger partial charge in [-0.15, -0.1) is 0 Å². The maximum Gasteiger partial charge on any atom is 0.240 e. The van der Waals surface area contributed by atoms with Gasteiger partial charge in [0.1, 0.15) is 5.75 Å². The van der Waals surface area contributed by atoms with Crippen molar-refractivity contribution in [3.8, 4) is 5.75 Å². The third-order valence-electron chi connectivity index (χ3n) is 6.28. The molecular formula is C24H39N3O4S. The van der Waals surface area contributed by atoms with E-state index in [9.17, 15) is 13.2 Å². The lowest BCUT2D eigenvalue weighted by Crippen LogP contribution is -2.38. The Morgan fingerprint density at radius 2 is 1.88 bits per heavy atom. The molecule has 0 saturated heterocycles. The minimum Gasteiger partial charge on any atom is -0.497 e. The number of carbonyl (C=O) groups excluding carboxylic acids is 1. The molecule has 1 amide bonds. The topological polar surface area (TPSA) is 87.7 Å². The van der Waals surface area contributed by atoms with Crippen molar-refractivity contribution < 1.29 is 17.9 Å². The second-order valence-corrected chi connectivity index (χ2v) is 11.1. The van der Waals surface area contributed by atoms with Gasteiger partial charge in [0.15, 0.2) is 0 Å². The monoisotopic (exact) mass is 465 g/mol. The first-order chi connectivity index (χ1) is 15.0. The molecule has 180 valence electrons. The van der Waals surface area contributed by atoms with E-state index in [1.807, 2.05) is 19.0 Å². The van der Waals surface area contributed by atoms with Crippen LogP contribution in [0.2, 0.25) is 0 Å². The van der Waals surface area contributed by atoms with Crippen LogP contribution in [0.4, 0.5) is 0 Å². The van der Waals surface area contributed by atoms with Crippen LogP contribution in [0.25, 0.3) is 0 Å². The highest BCUT2D eigenvalue weighted by atomic mass is 32.2. The number of likely N-dealkylation sites (N-methyl/N-ethyl adjacent to an activating group) is 1. The lowest BCUT2D eigenvalue weighted by molar-refractivity contribution is -0.122. The van der Waals surface area contributed by atoms with Gasteiger partial charge in [0, 0.05) is 26.1 Å². The molecule has 1 aromatic carbocycles. The summed E-state index contributed by atoms with van der Waals surface area (Å²) in [5, 5.41) is 3.00. The molecule has 0 aromatic heterocycles. The molecule has 32 heavy (non-hydrogen) atoms. The average molecular weight is 466 g/mol. The van der Waals surface area contributed by atoms with E-state index in [1.54, 1.807) is 31.4 Å². The van der Waals surface area contributed by atoms with E-state index in [0.29, 0.717) is 37.1 Å². The lowest BCUT2D eigenvalue weighted by atomic mass is 9.70. The Labute approximate surface area is 193 Å². The molecule has 0 fully saturated rings. The molecule has 0 radical (unpaired) electrons. The number of methoxy groups -OCH3 is 1. The number of carbonyl (C=O) groups is 1. The maximum absolute atomic E-state index is 12.8. The van der Waals surface area contributed by atoms with Crippen LogP contribution < -0.4 is 14.8 Å². The third kappa shape index (κ3) is 7.60. The highest BCUT2D eigenvalue weighted by Gasteiger charge is 2.33. The van der Waals surface area contributed by atoms with Crippen LogP contribution >= 0.6 is 0 Å². The van der Waals surface area contributed by atoms with E-state index in [4.69, 9.17) is 4.74 Å². The maximum atomic E-state index is 12.8. The molecule has 8 heteroatoms. The van der Waals surface area contributed by atoms with E-state index < -0.39 is 10.0 Å². The number of sulfonamides is 1. The Hall–Kier alpha value is -1.90. The van der Waals surface area contributed by atoms with Gasteiger partial charge in [0.25, 0.3) is 0 Å². The standard InChI is InChI=1S/C24H39N3O4S/c1-17(2)23-14-19(15-24(28)25-11-12-27(4)5)18(3)13-20(23)16-26-32(29,30)22-9-7-21(31-6)8-10-22/h7-10,13,17,19-20,23,26H,11-12,14-16H2,1-6H3,(H,25,28). The molecule has 0 aliphatic heterocycles. The first-order valence-electron chi connectivity index (χ1n) is 11.3. The van der Waals surface area contributed by atoms with Gasteiger partial charge in [-0.05, 0) is 75.4 Å². The van der Waals surface area contributed by atoms with Crippen molar-refractivity contribution in [1.29, 1.82) is 0 Å². The van der Waals surface area contributed by atoms with Gasteiger partial charge in [-0.25, -0.2) is 13.1 Å². The van der Waals surface area contributed by atoms with Crippen molar-refractivity contribution in [3.05, 3.63) is 35.9 Å². The predicted octanol–water partition coefficient (Wildman–Crippen LogP) is 2.90. The fourth-order valence-corrected chi connectivity index (χ4v) is 5.34. The Bertz CT molecular complexity index is 879. The highest BCUT2D eigenvalue weighted by molar-refractivity contribution is 7.89. The average Bonchev–Trinajstić information content (AvgIpc) is 2.73. The predicted molar refractivity (Wildman–Crippen MR) is 128 cm³/mol. The van der Waals surface area contributed by atoms with Crippen LogP contribution in [0, 0.1) is 23.7 Å². The molecule has 0 spiro atoms. The summed E-state index contributed by atoms with van der Waals surface area (Å²) in [5.74, 6) is 1.66. The molecule has 2 N–H and O–H groups in total. The number of nitrogens with one attached hydrogen (secondary N) is 2. The molecule has 1 aromatic rings. The minimum absolute atomic E-state index is 0.0748. The molecule has 3 unspecified atom stereocenters. The Morgan fingerprint density at radius 3 is 2.44 bits per heavy atom. The number of allylic oxidation sites excluding steroid dienone is 1. The lowest BCUT2D eigenvalue weighted by Gasteiger charge is -2.37. The Morgan fingerprint density at radius 1 is 1.22 bits per heavy atom. The van der Waals surface area contributed by atoms with Crippen LogP contribution in [-0.2, 0) is 14.8 Å². The van der Waals surface area contributed by atoms with E-state index in [2.05, 4.69) is 36.9 Å². The largest absolute Gasteiger partial charge is 0.497 e. The zero-order chi connectivity index (χ0) is 23.9. The first-order valence-corrected chi connectivity index (χ1v) is 12.7. The normalized spacial score (nSPS) is 21.5. The van der Waals surface area contributed by atoms with Crippen LogP contribution in [0.3, 0.4) is 0 Å². The molecule has 2 rings (SSSR count). The van der Waals surface area contributed by atoms with Crippen molar-refractivity contribution in [2.45, 2.75) is 38.5 Å². The zero-order valence-electron chi connectivity index (χ0n) is 20.2. The molecule has 1 aliphatic carbocycles. The molecule has 7 nitrogen and oxygen atoms in total. The summed E-state index contributed by atoms with van der Waals surface area (Å²) >= 11 is 0. The summed E-state index contributed by atoms with van der Waals surface area (Å²) in [5.41, 5.74) is 1.17. The second-order valence-electron chi connectivity index (χ2n) is 9.30. The van der Waals surface area contributed by atoms with E-state index >= 15 is 0 Å². The SMILES string of the molecule is COc1ccc(S(=O)(=O)NCC2C=C(C)C(CC(=O)NCCN(C)C)CC2C(C)C)cc1. The van der Waals surface area contributed by atoms with Crippen molar-refractivity contribution in [2.75, 3.05) is 40.8 Å². The van der Waals surface area contributed by atoms with Crippen LogP contribution in [0.5, 0.6) is 5.75 Å². The van der Waals surface area contributed by atoms with E-state index in [1.165, 1.54) is 5.57 Å². The summed E-state index contributed by atoms with van der Waals surface area (Å²) < 4.78 is 33.4. The second kappa shape index (κ2) is 11.8. The van der Waals surface area contributed by atoms with E-state index in [-0.39, 0.29) is 22.6 Å². The van der Waals surface area contributed by atoms with Gasteiger partial charge in [0.05, 0.1) is 12.0 Å². The van der Waals surface area contributed by atoms with Crippen molar-refractivity contribution in [3.63, 3.8) is 0 Å². The number of rotatable bonds is 11. The van der Waals surface area contributed by atoms with Crippen LogP contribution in [-0.4, -0.2) is 60.1 Å². The van der Waals surface area contributed by atoms with Crippen molar-refractivity contribution in [2.24, 2.45) is 23.7 Å². The summed E-state index contributed by atoms with van der Waals surface area (Å²) in [4.78, 5) is 14.7. The molecule has 3 atom stereocenters. The highest BCUT2D eigenvalue weighted by Crippen LogP contribution is 2.38. The van der Waals surface area contributed by atoms with Crippen LogP contribution in [0.15, 0.2) is 40.8 Å². The van der Waals surface area contributed by atoms with E-state index in [0.717, 1.165) is 13.0 Å². The number of ether oxygens (including phenoxy) is 1. The quantitative estimate of drug-likeness (QED) is 0.491. The molecule has 0 bridgehead atoms. The van der Waals surface area contributed by atoms with Crippen molar-refractivity contribution >= 4 is 15.9 Å². The fourth-order valence-electron chi connectivity index (χ4n) is 4.27. The molecule has 1 aliphatic rings. The van der Waals surface area contributed by atoms with Gasteiger partial charge < -0.3 is 15.0 Å². The van der Waals surface area contributed by atoms with Gasteiger partial charge in [-0.3, -0.25) is 4.79 Å². The van der Waals surface area contributed by atoms with Gasteiger partial charge >= 0.3 is 0 Å². The fraction of sp³-hybridized carbons (Fsp3) is 0.625. The zero-order valence-corrected chi connectivity index (χ0v) is 21.0. The molecule has 0 heterocycles.